The third kappa shape index (κ3) is 6.00. The summed E-state index contributed by atoms with van der Waals surface area (Å²) in [6.45, 7) is 9.33. The number of nitrogens with one attached hydrogen (secondary N) is 1. The van der Waals surface area contributed by atoms with E-state index in [0.29, 0.717) is 13.0 Å². The SMILES string of the molecule is C=CCCCCCC(C=C)C(=O)N1CCCC1C(=O)NC(C)=O. The molecule has 1 rings (SSSR count). The van der Waals surface area contributed by atoms with Crippen LogP contribution < -0.4 is 5.32 Å². The van der Waals surface area contributed by atoms with Crippen molar-refractivity contribution in [1.29, 1.82) is 0 Å². The average Bonchev–Trinajstić information content (AvgIpc) is 2.99. The first-order valence-corrected chi connectivity index (χ1v) is 8.36. The van der Waals surface area contributed by atoms with Crippen molar-refractivity contribution in [3.05, 3.63) is 25.3 Å². The van der Waals surface area contributed by atoms with E-state index in [4.69, 9.17) is 0 Å². The van der Waals surface area contributed by atoms with Gasteiger partial charge in [-0.25, -0.2) is 0 Å². The van der Waals surface area contributed by atoms with E-state index >= 15 is 0 Å². The third-order valence-electron chi connectivity index (χ3n) is 4.16. The number of carbonyl (C=O) groups is 3. The zero-order chi connectivity index (χ0) is 17.2. The summed E-state index contributed by atoms with van der Waals surface area (Å²) in [6.07, 6.45) is 9.79. The van der Waals surface area contributed by atoms with E-state index in [0.717, 1.165) is 38.5 Å². The Morgan fingerprint density at radius 3 is 2.61 bits per heavy atom. The number of carbonyl (C=O) groups excluding carboxylic acids is 3. The molecule has 5 heteroatoms. The van der Waals surface area contributed by atoms with Crippen LogP contribution in [0.2, 0.25) is 0 Å². The first-order valence-electron chi connectivity index (χ1n) is 8.36. The van der Waals surface area contributed by atoms with Gasteiger partial charge in [0, 0.05) is 13.5 Å². The minimum Gasteiger partial charge on any atom is -0.330 e. The van der Waals surface area contributed by atoms with Gasteiger partial charge in [-0.05, 0) is 32.1 Å². The van der Waals surface area contributed by atoms with Gasteiger partial charge in [0.2, 0.25) is 17.7 Å². The number of allylic oxidation sites excluding steroid dienone is 1. The number of hydrogen-bond acceptors (Lipinski definition) is 3. The number of amides is 3. The lowest BCUT2D eigenvalue weighted by Crippen LogP contribution is -2.48. The molecule has 1 aliphatic rings. The van der Waals surface area contributed by atoms with Gasteiger partial charge < -0.3 is 4.90 Å². The number of likely N-dealkylation sites (tertiary alicyclic amines) is 1. The predicted molar refractivity (Wildman–Crippen MR) is 90.5 cm³/mol. The highest BCUT2D eigenvalue weighted by Gasteiger charge is 2.36. The topological polar surface area (TPSA) is 66.5 Å². The van der Waals surface area contributed by atoms with Gasteiger partial charge in [-0.2, -0.15) is 0 Å². The molecule has 128 valence electrons. The summed E-state index contributed by atoms with van der Waals surface area (Å²) in [4.78, 5) is 37.4. The molecule has 0 bridgehead atoms. The van der Waals surface area contributed by atoms with Gasteiger partial charge in [0.15, 0.2) is 0 Å². The normalized spacial score (nSPS) is 18.3. The van der Waals surface area contributed by atoms with Crippen LogP contribution in [0.15, 0.2) is 25.3 Å². The molecule has 0 aliphatic carbocycles. The average molecular weight is 320 g/mol. The molecule has 23 heavy (non-hydrogen) atoms. The van der Waals surface area contributed by atoms with E-state index in [9.17, 15) is 14.4 Å². The second kappa shape index (κ2) is 9.98. The molecule has 1 saturated heterocycles. The lowest BCUT2D eigenvalue weighted by atomic mass is 9.98. The Morgan fingerprint density at radius 1 is 1.26 bits per heavy atom. The highest BCUT2D eigenvalue weighted by molar-refractivity contribution is 5.98. The third-order valence-corrected chi connectivity index (χ3v) is 4.16. The molecule has 1 N–H and O–H groups in total. The molecule has 0 spiro atoms. The van der Waals surface area contributed by atoms with Gasteiger partial charge in [-0.1, -0.05) is 25.0 Å². The fourth-order valence-electron chi connectivity index (χ4n) is 2.94. The molecule has 5 nitrogen and oxygen atoms in total. The van der Waals surface area contributed by atoms with Crippen LogP contribution in [-0.4, -0.2) is 35.2 Å². The maximum absolute atomic E-state index is 12.7. The van der Waals surface area contributed by atoms with Crippen LogP contribution in [0.4, 0.5) is 0 Å². The van der Waals surface area contributed by atoms with E-state index in [-0.39, 0.29) is 17.7 Å². The fraction of sp³-hybridized carbons (Fsp3) is 0.611. The Hall–Kier alpha value is -1.91. The molecule has 1 fully saturated rings. The Kier molecular flexibility index (Phi) is 8.30. The van der Waals surface area contributed by atoms with Crippen LogP contribution in [0.25, 0.3) is 0 Å². The maximum Gasteiger partial charge on any atom is 0.249 e. The van der Waals surface area contributed by atoms with Crippen LogP contribution >= 0.6 is 0 Å². The van der Waals surface area contributed by atoms with E-state index in [1.54, 1.807) is 11.0 Å². The molecule has 0 aromatic rings. The van der Waals surface area contributed by atoms with Crippen molar-refractivity contribution in [3.63, 3.8) is 0 Å². The molecule has 0 saturated carbocycles. The molecule has 0 radical (unpaired) electrons. The van der Waals surface area contributed by atoms with Crippen molar-refractivity contribution in [3.8, 4) is 0 Å². The second-order valence-electron chi connectivity index (χ2n) is 6.00. The number of imide groups is 1. The van der Waals surface area contributed by atoms with Crippen LogP contribution in [0.3, 0.4) is 0 Å². The van der Waals surface area contributed by atoms with E-state index in [1.807, 2.05) is 6.08 Å². The summed E-state index contributed by atoms with van der Waals surface area (Å²) in [6, 6.07) is -0.533. The van der Waals surface area contributed by atoms with E-state index in [2.05, 4.69) is 18.5 Å². The minimum absolute atomic E-state index is 0.0510. The summed E-state index contributed by atoms with van der Waals surface area (Å²) >= 11 is 0. The Labute approximate surface area is 138 Å². The number of hydrogen-bond donors (Lipinski definition) is 1. The molecule has 2 atom stereocenters. The number of rotatable bonds is 9. The molecule has 3 amide bonds. The first-order chi connectivity index (χ1) is 11.0. The van der Waals surface area contributed by atoms with Crippen molar-refractivity contribution in [2.75, 3.05) is 6.54 Å². The quantitative estimate of drug-likeness (QED) is 0.524. The summed E-state index contributed by atoms with van der Waals surface area (Å²) < 4.78 is 0. The largest absolute Gasteiger partial charge is 0.330 e. The van der Waals surface area contributed by atoms with Gasteiger partial charge in [-0.3, -0.25) is 19.7 Å². The Balaban J connectivity index is 2.57. The number of nitrogens with zero attached hydrogens (tertiary/aromatic N) is 1. The van der Waals surface area contributed by atoms with E-state index in [1.165, 1.54) is 6.92 Å². The minimum atomic E-state index is -0.533. The number of unbranched alkanes of at least 4 members (excludes halogenated alkanes) is 3. The van der Waals surface area contributed by atoms with E-state index < -0.39 is 11.9 Å². The monoisotopic (exact) mass is 320 g/mol. The van der Waals surface area contributed by atoms with Crippen molar-refractivity contribution in [1.82, 2.24) is 10.2 Å². The summed E-state index contributed by atoms with van der Waals surface area (Å²) in [5, 5.41) is 2.29. The van der Waals surface area contributed by atoms with Gasteiger partial charge in [0.25, 0.3) is 0 Å². The molecular weight excluding hydrogens is 292 g/mol. The smallest absolute Gasteiger partial charge is 0.249 e. The second-order valence-corrected chi connectivity index (χ2v) is 6.00. The predicted octanol–water partition coefficient (Wildman–Crippen LogP) is 2.58. The Bertz CT molecular complexity index is 459. The molecule has 0 aromatic heterocycles. The van der Waals surface area contributed by atoms with Crippen LogP contribution in [0.5, 0.6) is 0 Å². The fourth-order valence-corrected chi connectivity index (χ4v) is 2.94. The van der Waals surface area contributed by atoms with Crippen molar-refractivity contribution < 1.29 is 14.4 Å². The van der Waals surface area contributed by atoms with Gasteiger partial charge >= 0.3 is 0 Å². The standard InChI is InChI=1S/C18H28N2O3/c1-4-6-7-8-9-11-15(5-2)18(23)20-13-10-12-16(20)17(22)19-14(3)21/h4-5,15-16H,1-2,6-13H2,3H3,(H,19,21,22). The molecule has 1 aliphatic heterocycles. The summed E-state index contributed by atoms with van der Waals surface area (Å²) in [5.74, 6) is -1.08. The summed E-state index contributed by atoms with van der Waals surface area (Å²) in [5.41, 5.74) is 0. The first kappa shape index (κ1) is 19.1. The zero-order valence-corrected chi connectivity index (χ0v) is 14.1. The van der Waals surface area contributed by atoms with Crippen LogP contribution in [0, 0.1) is 5.92 Å². The lowest BCUT2D eigenvalue weighted by molar-refractivity contribution is -0.142. The lowest BCUT2D eigenvalue weighted by Gasteiger charge is -2.26. The highest BCUT2D eigenvalue weighted by Crippen LogP contribution is 2.23. The van der Waals surface area contributed by atoms with Crippen LogP contribution in [0.1, 0.15) is 51.9 Å². The molecular formula is C18H28N2O3. The van der Waals surface area contributed by atoms with Gasteiger partial charge in [0.1, 0.15) is 6.04 Å². The van der Waals surface area contributed by atoms with Gasteiger partial charge in [0.05, 0.1) is 5.92 Å². The van der Waals surface area contributed by atoms with Crippen molar-refractivity contribution >= 4 is 17.7 Å². The maximum atomic E-state index is 12.7. The van der Waals surface area contributed by atoms with Crippen molar-refractivity contribution in [2.45, 2.75) is 57.9 Å². The highest BCUT2D eigenvalue weighted by atomic mass is 16.2. The van der Waals surface area contributed by atoms with Crippen molar-refractivity contribution in [2.24, 2.45) is 5.92 Å². The Morgan fingerprint density at radius 2 is 2.00 bits per heavy atom. The van der Waals surface area contributed by atoms with Crippen LogP contribution in [-0.2, 0) is 14.4 Å². The molecule has 1 heterocycles. The van der Waals surface area contributed by atoms with Gasteiger partial charge in [-0.15, -0.1) is 13.2 Å². The summed E-state index contributed by atoms with van der Waals surface area (Å²) in [7, 11) is 0. The zero-order valence-electron chi connectivity index (χ0n) is 14.1. The molecule has 0 aromatic carbocycles. The molecule has 2 unspecified atom stereocenters.